The zero-order valence-electron chi connectivity index (χ0n) is 11.8. The van der Waals surface area contributed by atoms with E-state index in [9.17, 15) is 0 Å². The molecule has 1 N–H and O–H groups in total. The Balaban J connectivity index is 1.84. The second-order valence-electron chi connectivity index (χ2n) is 5.62. The average Bonchev–Trinajstić information content (AvgIpc) is 2.87. The molecule has 0 saturated heterocycles. The van der Waals surface area contributed by atoms with E-state index in [-0.39, 0.29) is 5.54 Å². The number of benzene rings is 1. The quantitative estimate of drug-likeness (QED) is 0.784. The number of rotatable bonds is 5. The third-order valence-corrected chi connectivity index (χ3v) is 4.83. The van der Waals surface area contributed by atoms with Crippen LogP contribution in [0.5, 0.6) is 0 Å². The Morgan fingerprint density at radius 3 is 2.42 bits per heavy atom. The van der Waals surface area contributed by atoms with Crippen molar-refractivity contribution in [2.75, 3.05) is 0 Å². The van der Waals surface area contributed by atoms with Crippen LogP contribution < -0.4 is 5.32 Å². The fraction of sp³-hybridized carbons (Fsp3) is 0.375. The normalized spacial score (nSPS) is 11.7. The van der Waals surface area contributed by atoms with Gasteiger partial charge in [-0.1, -0.05) is 18.2 Å². The summed E-state index contributed by atoms with van der Waals surface area (Å²) in [6, 6.07) is 13.2. The molecule has 102 valence electrons. The first-order chi connectivity index (χ1) is 9.03. The zero-order valence-corrected chi connectivity index (χ0v) is 13.4. The summed E-state index contributed by atoms with van der Waals surface area (Å²) in [6.07, 6.45) is 0. The number of thiophene rings is 1. The van der Waals surface area contributed by atoms with Crippen LogP contribution in [0.25, 0.3) is 0 Å². The van der Waals surface area contributed by atoms with Gasteiger partial charge in [0.05, 0.1) is 0 Å². The SMILES string of the molecule is CC(C)(C)NCc1ccc(SCc2cccs2)cc1. The van der Waals surface area contributed by atoms with Gasteiger partial charge in [0.2, 0.25) is 0 Å². The highest BCUT2D eigenvalue weighted by Gasteiger charge is 2.08. The van der Waals surface area contributed by atoms with Crippen molar-refractivity contribution in [3.8, 4) is 0 Å². The Morgan fingerprint density at radius 1 is 1.11 bits per heavy atom. The number of nitrogens with one attached hydrogen (secondary N) is 1. The van der Waals surface area contributed by atoms with Crippen LogP contribution in [-0.2, 0) is 12.3 Å². The van der Waals surface area contributed by atoms with Crippen molar-refractivity contribution in [1.29, 1.82) is 0 Å². The van der Waals surface area contributed by atoms with E-state index in [1.165, 1.54) is 15.3 Å². The molecular weight excluding hydrogens is 270 g/mol. The Labute approximate surface area is 124 Å². The van der Waals surface area contributed by atoms with E-state index < -0.39 is 0 Å². The largest absolute Gasteiger partial charge is 0.308 e. The van der Waals surface area contributed by atoms with E-state index in [0.29, 0.717) is 0 Å². The molecule has 0 bridgehead atoms. The Hall–Kier alpha value is -0.770. The third-order valence-electron chi connectivity index (χ3n) is 2.71. The summed E-state index contributed by atoms with van der Waals surface area (Å²) < 4.78 is 0. The molecule has 3 heteroatoms. The first-order valence-corrected chi connectivity index (χ1v) is 8.39. The second-order valence-corrected chi connectivity index (χ2v) is 7.70. The zero-order chi connectivity index (χ0) is 13.7. The van der Waals surface area contributed by atoms with Gasteiger partial charge in [0.25, 0.3) is 0 Å². The lowest BCUT2D eigenvalue weighted by atomic mass is 10.1. The van der Waals surface area contributed by atoms with Crippen molar-refractivity contribution in [1.82, 2.24) is 5.32 Å². The van der Waals surface area contributed by atoms with Gasteiger partial charge in [-0.3, -0.25) is 0 Å². The lowest BCUT2D eigenvalue weighted by Gasteiger charge is -2.20. The van der Waals surface area contributed by atoms with Crippen molar-refractivity contribution in [2.24, 2.45) is 0 Å². The van der Waals surface area contributed by atoms with Crippen LogP contribution in [0.2, 0.25) is 0 Å². The number of hydrogen-bond acceptors (Lipinski definition) is 3. The van der Waals surface area contributed by atoms with Crippen molar-refractivity contribution in [3.05, 3.63) is 52.2 Å². The molecule has 2 aromatic rings. The van der Waals surface area contributed by atoms with Gasteiger partial charge in [-0.05, 0) is 49.9 Å². The minimum atomic E-state index is 0.173. The predicted molar refractivity (Wildman–Crippen MR) is 86.9 cm³/mol. The Bertz CT molecular complexity index is 480. The van der Waals surface area contributed by atoms with Crippen molar-refractivity contribution in [2.45, 2.75) is 43.5 Å². The summed E-state index contributed by atoms with van der Waals surface area (Å²) >= 11 is 3.73. The van der Waals surface area contributed by atoms with E-state index >= 15 is 0 Å². The first-order valence-electron chi connectivity index (χ1n) is 6.52. The molecule has 1 aromatic heterocycles. The molecule has 0 spiro atoms. The van der Waals surface area contributed by atoms with Crippen LogP contribution in [0.3, 0.4) is 0 Å². The van der Waals surface area contributed by atoms with Crippen LogP contribution in [-0.4, -0.2) is 5.54 Å². The van der Waals surface area contributed by atoms with Crippen molar-refractivity contribution < 1.29 is 0 Å². The van der Waals surface area contributed by atoms with Crippen LogP contribution in [0.1, 0.15) is 31.2 Å². The highest BCUT2D eigenvalue weighted by atomic mass is 32.2. The van der Waals surface area contributed by atoms with Gasteiger partial charge < -0.3 is 5.32 Å². The van der Waals surface area contributed by atoms with E-state index in [4.69, 9.17) is 0 Å². The predicted octanol–water partition coefficient (Wildman–Crippen LogP) is 4.93. The van der Waals surface area contributed by atoms with Crippen LogP contribution in [0.4, 0.5) is 0 Å². The van der Waals surface area contributed by atoms with Gasteiger partial charge in [0, 0.05) is 27.6 Å². The van der Waals surface area contributed by atoms with Crippen LogP contribution in [0.15, 0.2) is 46.7 Å². The Kier molecular flexibility index (Phi) is 5.08. The molecule has 1 heterocycles. The number of hydrogen-bond donors (Lipinski definition) is 1. The smallest absolute Gasteiger partial charge is 0.0326 e. The highest BCUT2D eigenvalue weighted by molar-refractivity contribution is 7.98. The molecule has 0 unspecified atom stereocenters. The number of thioether (sulfide) groups is 1. The van der Waals surface area contributed by atoms with Crippen LogP contribution in [0, 0.1) is 0 Å². The molecule has 0 radical (unpaired) electrons. The molecule has 19 heavy (non-hydrogen) atoms. The van der Waals surface area contributed by atoms with Gasteiger partial charge >= 0.3 is 0 Å². The summed E-state index contributed by atoms with van der Waals surface area (Å²) in [5, 5.41) is 5.64. The Morgan fingerprint density at radius 2 is 1.84 bits per heavy atom. The fourth-order valence-corrected chi connectivity index (χ4v) is 3.29. The second kappa shape index (κ2) is 6.60. The summed E-state index contributed by atoms with van der Waals surface area (Å²) in [5.41, 5.74) is 1.52. The van der Waals surface area contributed by atoms with Crippen molar-refractivity contribution >= 4 is 23.1 Å². The summed E-state index contributed by atoms with van der Waals surface area (Å²) in [6.45, 7) is 7.51. The van der Waals surface area contributed by atoms with Gasteiger partial charge in [-0.15, -0.1) is 23.1 Å². The van der Waals surface area contributed by atoms with E-state index in [0.717, 1.165) is 12.3 Å². The third kappa shape index (κ3) is 5.39. The monoisotopic (exact) mass is 291 g/mol. The molecule has 0 aliphatic rings. The molecule has 0 amide bonds. The fourth-order valence-electron chi connectivity index (χ4n) is 1.62. The lowest BCUT2D eigenvalue weighted by molar-refractivity contribution is 0.424. The van der Waals surface area contributed by atoms with Crippen molar-refractivity contribution in [3.63, 3.8) is 0 Å². The van der Waals surface area contributed by atoms with E-state index in [1.807, 2.05) is 23.1 Å². The standard InChI is InChI=1S/C16H21NS2/c1-16(2,3)17-11-13-6-8-14(9-7-13)19-12-15-5-4-10-18-15/h4-10,17H,11-12H2,1-3H3. The molecular formula is C16H21NS2. The molecule has 1 nitrogen and oxygen atoms in total. The van der Waals surface area contributed by atoms with E-state index in [2.05, 4.69) is 67.9 Å². The summed E-state index contributed by atoms with van der Waals surface area (Å²) in [4.78, 5) is 2.77. The van der Waals surface area contributed by atoms with Gasteiger partial charge in [-0.25, -0.2) is 0 Å². The van der Waals surface area contributed by atoms with Gasteiger partial charge in [0.1, 0.15) is 0 Å². The lowest BCUT2D eigenvalue weighted by Crippen LogP contribution is -2.35. The molecule has 0 fully saturated rings. The van der Waals surface area contributed by atoms with Gasteiger partial charge in [0.15, 0.2) is 0 Å². The average molecular weight is 291 g/mol. The molecule has 0 aliphatic heterocycles. The minimum absolute atomic E-state index is 0.173. The topological polar surface area (TPSA) is 12.0 Å². The summed E-state index contributed by atoms with van der Waals surface area (Å²) in [5.74, 6) is 1.07. The maximum atomic E-state index is 3.51. The molecule has 0 atom stereocenters. The van der Waals surface area contributed by atoms with E-state index in [1.54, 1.807) is 0 Å². The molecule has 1 aromatic carbocycles. The highest BCUT2D eigenvalue weighted by Crippen LogP contribution is 2.25. The first kappa shape index (κ1) is 14.6. The summed E-state index contributed by atoms with van der Waals surface area (Å²) in [7, 11) is 0. The van der Waals surface area contributed by atoms with Gasteiger partial charge in [-0.2, -0.15) is 0 Å². The van der Waals surface area contributed by atoms with Crippen LogP contribution >= 0.6 is 23.1 Å². The molecule has 0 aliphatic carbocycles. The minimum Gasteiger partial charge on any atom is -0.308 e. The molecule has 0 saturated carbocycles. The molecule has 2 rings (SSSR count). The maximum Gasteiger partial charge on any atom is 0.0326 e. The maximum absolute atomic E-state index is 3.51.